The molecule has 1 atom stereocenters. The van der Waals surface area contributed by atoms with Crippen LogP contribution in [-0.2, 0) is 0 Å². The number of nitrogens with one attached hydrogen (secondary N) is 2. The summed E-state index contributed by atoms with van der Waals surface area (Å²) in [5.74, 6) is -0.327. The van der Waals surface area contributed by atoms with Gasteiger partial charge in [-0.15, -0.1) is 0 Å². The highest BCUT2D eigenvalue weighted by molar-refractivity contribution is 7.98. The smallest absolute Gasteiger partial charge is 0.271 e. The van der Waals surface area contributed by atoms with Gasteiger partial charge in [-0.3, -0.25) is 9.59 Å². The summed E-state index contributed by atoms with van der Waals surface area (Å²) in [6, 6.07) is 10.2. The molecule has 0 bridgehead atoms. The van der Waals surface area contributed by atoms with E-state index >= 15 is 0 Å². The number of H-pyrrole nitrogens is 1. The molecule has 0 radical (unpaired) electrons. The maximum absolute atomic E-state index is 11.9. The number of hydrogen-bond donors (Lipinski definition) is 2. The zero-order chi connectivity index (χ0) is 15.2. The molecule has 5 nitrogen and oxygen atoms in total. The van der Waals surface area contributed by atoms with Gasteiger partial charge in [-0.2, -0.15) is 16.9 Å². The molecule has 0 aliphatic heterocycles. The van der Waals surface area contributed by atoms with Gasteiger partial charge in [0.25, 0.3) is 11.5 Å². The summed E-state index contributed by atoms with van der Waals surface area (Å²) < 4.78 is 0. The monoisotopic (exact) mass is 323 g/mol. The zero-order valence-corrected chi connectivity index (χ0v) is 12.9. The predicted molar refractivity (Wildman–Crippen MR) is 84.9 cm³/mol. The Hall–Kier alpha value is -1.79. The molecule has 2 rings (SSSR count). The van der Waals surface area contributed by atoms with Crippen molar-refractivity contribution in [3.05, 3.63) is 63.0 Å². The van der Waals surface area contributed by atoms with Crippen LogP contribution >= 0.6 is 23.4 Å². The van der Waals surface area contributed by atoms with E-state index in [0.29, 0.717) is 11.6 Å². The topological polar surface area (TPSA) is 74.8 Å². The standard InChI is InChI=1S/C14H14ClN3O2S/c1-21-12(9-3-2-4-10(15)7-9)8-16-14(20)11-5-6-13(19)18-17-11/h2-7,12H,8H2,1H3,(H,16,20)(H,18,19)/t12-/m0/s1. The van der Waals surface area contributed by atoms with Crippen LogP contribution in [0, 0.1) is 0 Å². The maximum atomic E-state index is 11.9. The van der Waals surface area contributed by atoms with Crippen molar-refractivity contribution in [2.75, 3.05) is 12.8 Å². The first kappa shape index (κ1) is 15.6. The Morgan fingerprint density at radius 2 is 2.24 bits per heavy atom. The van der Waals surface area contributed by atoms with E-state index in [-0.39, 0.29) is 22.4 Å². The number of rotatable bonds is 5. The van der Waals surface area contributed by atoms with E-state index < -0.39 is 0 Å². The lowest BCUT2D eigenvalue weighted by atomic mass is 10.1. The molecule has 0 unspecified atom stereocenters. The highest BCUT2D eigenvalue weighted by atomic mass is 35.5. The number of hydrogen-bond acceptors (Lipinski definition) is 4. The second-order valence-electron chi connectivity index (χ2n) is 4.30. The molecule has 1 amide bonds. The van der Waals surface area contributed by atoms with Crippen molar-refractivity contribution in [3.63, 3.8) is 0 Å². The minimum absolute atomic E-state index is 0.0930. The second kappa shape index (κ2) is 7.28. The third-order valence-electron chi connectivity index (χ3n) is 2.86. The number of carbonyl (C=O) groups is 1. The van der Waals surface area contributed by atoms with Gasteiger partial charge in [0.1, 0.15) is 5.69 Å². The van der Waals surface area contributed by atoms with Crippen LogP contribution in [0.2, 0.25) is 5.02 Å². The van der Waals surface area contributed by atoms with Crippen molar-refractivity contribution >= 4 is 29.3 Å². The summed E-state index contributed by atoms with van der Waals surface area (Å²) >= 11 is 7.60. The van der Waals surface area contributed by atoms with E-state index in [9.17, 15) is 9.59 Å². The summed E-state index contributed by atoms with van der Waals surface area (Å²) in [6.45, 7) is 0.446. The van der Waals surface area contributed by atoms with Crippen molar-refractivity contribution in [2.24, 2.45) is 0 Å². The number of halogens is 1. The van der Waals surface area contributed by atoms with Crippen LogP contribution in [0.4, 0.5) is 0 Å². The van der Waals surface area contributed by atoms with Gasteiger partial charge >= 0.3 is 0 Å². The first-order valence-corrected chi connectivity index (χ1v) is 7.89. The van der Waals surface area contributed by atoms with Crippen molar-refractivity contribution < 1.29 is 4.79 Å². The largest absolute Gasteiger partial charge is 0.349 e. The quantitative estimate of drug-likeness (QED) is 0.885. The lowest BCUT2D eigenvalue weighted by molar-refractivity contribution is 0.0947. The lowest BCUT2D eigenvalue weighted by Gasteiger charge is -2.15. The molecule has 2 aromatic rings. The van der Waals surface area contributed by atoms with E-state index in [2.05, 4.69) is 15.5 Å². The highest BCUT2D eigenvalue weighted by Gasteiger charge is 2.13. The van der Waals surface area contributed by atoms with Crippen molar-refractivity contribution in [1.29, 1.82) is 0 Å². The Bertz CT molecular complexity index is 669. The van der Waals surface area contributed by atoms with Crippen LogP contribution in [0.5, 0.6) is 0 Å². The molecular weight excluding hydrogens is 310 g/mol. The van der Waals surface area contributed by atoms with Crippen LogP contribution in [0.1, 0.15) is 21.3 Å². The number of amides is 1. The van der Waals surface area contributed by atoms with Gasteiger partial charge in [0.05, 0.1) is 0 Å². The van der Waals surface area contributed by atoms with Crippen LogP contribution in [0.3, 0.4) is 0 Å². The SMILES string of the molecule is CS[C@@H](CNC(=O)c1ccc(=O)[nH]n1)c1cccc(Cl)c1. The average molecular weight is 324 g/mol. The van der Waals surface area contributed by atoms with E-state index in [1.54, 1.807) is 11.8 Å². The molecule has 0 saturated carbocycles. The Balaban J connectivity index is 2.01. The number of aromatic nitrogens is 2. The summed E-state index contributed by atoms with van der Waals surface area (Å²) in [6.07, 6.45) is 1.97. The van der Waals surface area contributed by atoms with Gasteiger partial charge in [0, 0.05) is 22.9 Å². The first-order valence-electron chi connectivity index (χ1n) is 6.22. The molecule has 7 heteroatoms. The molecule has 0 spiro atoms. The fourth-order valence-corrected chi connectivity index (χ4v) is 2.66. The number of aromatic amines is 1. The van der Waals surface area contributed by atoms with Gasteiger partial charge in [-0.25, -0.2) is 5.10 Å². The average Bonchev–Trinajstić information content (AvgIpc) is 2.48. The van der Waals surface area contributed by atoms with E-state index in [1.807, 2.05) is 30.5 Å². The molecule has 1 aromatic carbocycles. The maximum Gasteiger partial charge on any atom is 0.271 e. The minimum Gasteiger partial charge on any atom is -0.349 e. The van der Waals surface area contributed by atoms with Gasteiger partial charge in [-0.1, -0.05) is 23.7 Å². The highest BCUT2D eigenvalue weighted by Crippen LogP contribution is 2.27. The van der Waals surface area contributed by atoms with Gasteiger partial charge < -0.3 is 5.32 Å². The van der Waals surface area contributed by atoms with Crippen LogP contribution in [0.25, 0.3) is 0 Å². The van der Waals surface area contributed by atoms with Crippen molar-refractivity contribution in [2.45, 2.75) is 5.25 Å². The molecule has 0 aliphatic rings. The van der Waals surface area contributed by atoms with Crippen molar-refractivity contribution in [1.82, 2.24) is 15.5 Å². The number of carbonyl (C=O) groups excluding carboxylic acids is 1. The van der Waals surface area contributed by atoms with E-state index in [1.165, 1.54) is 12.1 Å². The number of thioether (sulfide) groups is 1. The third kappa shape index (κ3) is 4.34. The molecule has 110 valence electrons. The predicted octanol–water partition coefficient (Wildman–Crippen LogP) is 2.26. The van der Waals surface area contributed by atoms with E-state index in [4.69, 9.17) is 11.6 Å². The molecule has 2 N–H and O–H groups in total. The van der Waals surface area contributed by atoms with E-state index in [0.717, 1.165) is 5.56 Å². The molecular formula is C14H14ClN3O2S. The normalized spacial score (nSPS) is 11.9. The Kier molecular flexibility index (Phi) is 5.41. The molecule has 0 saturated heterocycles. The summed E-state index contributed by atoms with van der Waals surface area (Å²) in [5, 5.41) is 9.48. The summed E-state index contributed by atoms with van der Waals surface area (Å²) in [7, 11) is 0. The fraction of sp³-hybridized carbons (Fsp3) is 0.214. The minimum atomic E-state index is -0.340. The van der Waals surface area contributed by atoms with Crippen molar-refractivity contribution in [3.8, 4) is 0 Å². The van der Waals surface area contributed by atoms with Gasteiger partial charge in [0.2, 0.25) is 0 Å². The summed E-state index contributed by atoms with van der Waals surface area (Å²) in [5.41, 5.74) is 0.887. The summed E-state index contributed by atoms with van der Waals surface area (Å²) in [4.78, 5) is 22.9. The Morgan fingerprint density at radius 3 is 2.86 bits per heavy atom. The molecule has 0 fully saturated rings. The van der Waals surface area contributed by atoms with Gasteiger partial charge in [0.15, 0.2) is 0 Å². The Labute approximate surface area is 131 Å². The fourth-order valence-electron chi connectivity index (χ4n) is 1.79. The Morgan fingerprint density at radius 1 is 1.43 bits per heavy atom. The third-order valence-corrected chi connectivity index (χ3v) is 4.11. The molecule has 1 heterocycles. The molecule has 1 aromatic heterocycles. The molecule has 0 aliphatic carbocycles. The number of nitrogens with zero attached hydrogens (tertiary/aromatic N) is 1. The number of benzene rings is 1. The van der Waals surface area contributed by atoms with Crippen LogP contribution in [-0.4, -0.2) is 28.9 Å². The van der Waals surface area contributed by atoms with Crippen LogP contribution in [0.15, 0.2) is 41.2 Å². The second-order valence-corrected chi connectivity index (χ2v) is 5.77. The first-order chi connectivity index (χ1) is 10.1. The zero-order valence-electron chi connectivity index (χ0n) is 11.3. The van der Waals surface area contributed by atoms with Crippen LogP contribution < -0.4 is 10.9 Å². The molecule has 21 heavy (non-hydrogen) atoms. The van der Waals surface area contributed by atoms with Gasteiger partial charge in [-0.05, 0) is 30.0 Å². The lowest BCUT2D eigenvalue weighted by Crippen LogP contribution is -2.29.